The highest BCUT2D eigenvalue weighted by molar-refractivity contribution is 9.11. The molecule has 94 valence electrons. The molecule has 0 aliphatic rings. The molecule has 0 heterocycles. The molecule has 0 fully saturated rings. The molecule has 0 aliphatic heterocycles. The van der Waals surface area contributed by atoms with Gasteiger partial charge in [-0.3, -0.25) is 0 Å². The van der Waals surface area contributed by atoms with Crippen LogP contribution in [0.1, 0.15) is 18.5 Å². The second-order valence-corrected chi connectivity index (χ2v) is 5.28. The first kappa shape index (κ1) is 14.5. The van der Waals surface area contributed by atoms with Crippen LogP contribution in [0.25, 0.3) is 0 Å². The van der Waals surface area contributed by atoms with Crippen LogP contribution in [-0.2, 0) is 4.74 Å². The molecule has 0 bridgehead atoms. The predicted octanol–water partition coefficient (Wildman–Crippen LogP) is 2.96. The Morgan fingerprint density at radius 3 is 2.82 bits per heavy atom. The SMILES string of the molecule is CC(NCCOC(N)=O)c1ccc(Br)cc1Br. The second-order valence-electron chi connectivity index (χ2n) is 3.51. The van der Waals surface area contributed by atoms with Gasteiger partial charge < -0.3 is 15.8 Å². The zero-order chi connectivity index (χ0) is 12.8. The van der Waals surface area contributed by atoms with Crippen molar-refractivity contribution >= 4 is 38.0 Å². The number of benzene rings is 1. The van der Waals surface area contributed by atoms with Crippen molar-refractivity contribution in [2.24, 2.45) is 5.73 Å². The number of ether oxygens (including phenoxy) is 1. The minimum absolute atomic E-state index is 0.161. The summed E-state index contributed by atoms with van der Waals surface area (Å²) in [5.74, 6) is 0. The van der Waals surface area contributed by atoms with Crippen LogP contribution >= 0.6 is 31.9 Å². The van der Waals surface area contributed by atoms with Gasteiger partial charge in [0.05, 0.1) is 0 Å². The third-order valence-electron chi connectivity index (χ3n) is 2.23. The molecular weight excluding hydrogens is 352 g/mol. The van der Waals surface area contributed by atoms with Crippen LogP contribution < -0.4 is 11.1 Å². The third-order valence-corrected chi connectivity index (χ3v) is 3.41. The van der Waals surface area contributed by atoms with Crippen LogP contribution in [0.2, 0.25) is 0 Å². The van der Waals surface area contributed by atoms with E-state index in [1.54, 1.807) is 0 Å². The van der Waals surface area contributed by atoms with E-state index in [1.165, 1.54) is 0 Å². The Bertz CT molecular complexity index is 399. The Kier molecular flexibility index (Phi) is 5.94. The molecule has 0 spiro atoms. The van der Waals surface area contributed by atoms with E-state index in [2.05, 4.69) is 41.9 Å². The fourth-order valence-electron chi connectivity index (χ4n) is 1.39. The zero-order valence-corrected chi connectivity index (χ0v) is 12.5. The highest BCUT2D eigenvalue weighted by Crippen LogP contribution is 2.26. The third kappa shape index (κ3) is 5.06. The van der Waals surface area contributed by atoms with E-state index in [-0.39, 0.29) is 12.6 Å². The minimum Gasteiger partial charge on any atom is -0.448 e. The van der Waals surface area contributed by atoms with Gasteiger partial charge in [-0.1, -0.05) is 37.9 Å². The van der Waals surface area contributed by atoms with Gasteiger partial charge in [0.1, 0.15) is 6.61 Å². The molecule has 1 atom stereocenters. The molecule has 1 unspecified atom stereocenters. The Morgan fingerprint density at radius 2 is 2.24 bits per heavy atom. The molecule has 0 aromatic heterocycles. The van der Waals surface area contributed by atoms with E-state index in [0.717, 1.165) is 14.5 Å². The Morgan fingerprint density at radius 1 is 1.53 bits per heavy atom. The Labute approximate surface area is 117 Å². The van der Waals surface area contributed by atoms with Crippen LogP contribution in [0, 0.1) is 0 Å². The molecule has 0 saturated carbocycles. The average Bonchev–Trinajstić information content (AvgIpc) is 2.23. The van der Waals surface area contributed by atoms with Crippen molar-refractivity contribution in [3.05, 3.63) is 32.7 Å². The first-order valence-electron chi connectivity index (χ1n) is 5.11. The van der Waals surface area contributed by atoms with Crippen LogP contribution in [0.4, 0.5) is 4.79 Å². The molecule has 17 heavy (non-hydrogen) atoms. The Hall–Kier alpha value is -0.590. The van der Waals surface area contributed by atoms with E-state index >= 15 is 0 Å². The van der Waals surface area contributed by atoms with Crippen LogP contribution in [0.5, 0.6) is 0 Å². The lowest BCUT2D eigenvalue weighted by Gasteiger charge is -2.15. The summed E-state index contributed by atoms with van der Waals surface area (Å²) in [6, 6.07) is 6.17. The highest BCUT2D eigenvalue weighted by atomic mass is 79.9. The second kappa shape index (κ2) is 6.98. The Balaban J connectivity index is 2.46. The van der Waals surface area contributed by atoms with Gasteiger partial charge in [-0.15, -0.1) is 0 Å². The molecule has 1 aromatic carbocycles. The van der Waals surface area contributed by atoms with Gasteiger partial charge in [0.25, 0.3) is 0 Å². The van der Waals surface area contributed by atoms with Crippen molar-refractivity contribution in [2.45, 2.75) is 13.0 Å². The molecule has 4 nitrogen and oxygen atoms in total. The fourth-order valence-corrected chi connectivity index (χ4v) is 2.78. The maximum Gasteiger partial charge on any atom is 0.404 e. The molecule has 3 N–H and O–H groups in total. The highest BCUT2D eigenvalue weighted by Gasteiger charge is 2.08. The van der Waals surface area contributed by atoms with Gasteiger partial charge in [0.15, 0.2) is 0 Å². The van der Waals surface area contributed by atoms with E-state index in [4.69, 9.17) is 5.73 Å². The van der Waals surface area contributed by atoms with E-state index in [0.29, 0.717) is 6.54 Å². The van der Waals surface area contributed by atoms with Gasteiger partial charge in [-0.05, 0) is 24.6 Å². The molecule has 0 radical (unpaired) electrons. The van der Waals surface area contributed by atoms with Crippen molar-refractivity contribution in [2.75, 3.05) is 13.2 Å². The van der Waals surface area contributed by atoms with Crippen molar-refractivity contribution in [1.82, 2.24) is 5.32 Å². The summed E-state index contributed by atoms with van der Waals surface area (Å²) in [7, 11) is 0. The topological polar surface area (TPSA) is 64.3 Å². The van der Waals surface area contributed by atoms with Gasteiger partial charge >= 0.3 is 6.09 Å². The summed E-state index contributed by atoms with van der Waals surface area (Å²) in [5, 5.41) is 3.24. The monoisotopic (exact) mass is 364 g/mol. The smallest absolute Gasteiger partial charge is 0.404 e. The van der Waals surface area contributed by atoms with Crippen LogP contribution in [0.3, 0.4) is 0 Å². The van der Waals surface area contributed by atoms with E-state index in [1.807, 2.05) is 25.1 Å². The van der Waals surface area contributed by atoms with Crippen molar-refractivity contribution < 1.29 is 9.53 Å². The number of hydrogen-bond donors (Lipinski definition) is 2. The number of halogens is 2. The maximum absolute atomic E-state index is 10.4. The normalized spacial score (nSPS) is 12.2. The van der Waals surface area contributed by atoms with Crippen molar-refractivity contribution in [3.8, 4) is 0 Å². The number of hydrogen-bond acceptors (Lipinski definition) is 3. The van der Waals surface area contributed by atoms with Gasteiger partial charge in [-0.25, -0.2) is 4.79 Å². The van der Waals surface area contributed by atoms with Gasteiger partial charge in [-0.2, -0.15) is 0 Å². The largest absolute Gasteiger partial charge is 0.448 e. The summed E-state index contributed by atoms with van der Waals surface area (Å²) in [6.45, 7) is 2.87. The molecule has 0 aliphatic carbocycles. The first-order valence-corrected chi connectivity index (χ1v) is 6.70. The summed E-state index contributed by atoms with van der Waals surface area (Å²) in [6.07, 6.45) is -0.746. The summed E-state index contributed by atoms with van der Waals surface area (Å²) < 4.78 is 6.69. The predicted molar refractivity (Wildman–Crippen MR) is 73.8 cm³/mol. The maximum atomic E-state index is 10.4. The number of carbonyl (C=O) groups is 1. The van der Waals surface area contributed by atoms with Crippen molar-refractivity contribution in [3.63, 3.8) is 0 Å². The van der Waals surface area contributed by atoms with Crippen molar-refractivity contribution in [1.29, 1.82) is 0 Å². The lowest BCUT2D eigenvalue weighted by Crippen LogP contribution is -2.26. The van der Waals surface area contributed by atoms with E-state index < -0.39 is 6.09 Å². The average molecular weight is 366 g/mol. The number of primary amides is 1. The number of amides is 1. The quantitative estimate of drug-likeness (QED) is 0.788. The molecule has 6 heteroatoms. The van der Waals surface area contributed by atoms with Gasteiger partial charge in [0.2, 0.25) is 0 Å². The molecule has 1 aromatic rings. The summed E-state index contributed by atoms with van der Waals surface area (Å²) in [5.41, 5.74) is 6.01. The number of carbonyl (C=O) groups excluding carboxylic acids is 1. The molecule has 0 saturated heterocycles. The minimum atomic E-state index is -0.746. The summed E-state index contributed by atoms with van der Waals surface area (Å²) in [4.78, 5) is 10.4. The van der Waals surface area contributed by atoms with Crippen LogP contribution in [-0.4, -0.2) is 19.2 Å². The number of rotatable bonds is 5. The standard InChI is InChI=1S/C11H14Br2N2O2/c1-7(15-4-5-17-11(14)16)9-3-2-8(12)6-10(9)13/h2-3,6-7,15H,4-5H2,1H3,(H2,14,16). The molecule has 1 rings (SSSR count). The van der Waals surface area contributed by atoms with Crippen LogP contribution in [0.15, 0.2) is 27.1 Å². The molecular formula is C11H14Br2N2O2. The summed E-state index contributed by atoms with van der Waals surface area (Å²) >= 11 is 6.91. The fraction of sp³-hybridized carbons (Fsp3) is 0.364. The first-order chi connectivity index (χ1) is 8.00. The molecule has 1 amide bonds. The lowest BCUT2D eigenvalue weighted by atomic mass is 10.1. The van der Waals surface area contributed by atoms with Gasteiger partial charge in [0, 0.05) is 21.5 Å². The number of nitrogens with two attached hydrogens (primary N) is 1. The lowest BCUT2D eigenvalue weighted by molar-refractivity contribution is 0.156. The van der Waals surface area contributed by atoms with E-state index in [9.17, 15) is 4.79 Å². The zero-order valence-electron chi connectivity index (χ0n) is 9.37. The number of nitrogens with one attached hydrogen (secondary N) is 1.